The van der Waals surface area contributed by atoms with Gasteiger partial charge < -0.3 is 5.32 Å². The molecule has 2 N–H and O–H groups in total. The average molecular weight is 289 g/mol. The number of hydrogen-bond donors (Lipinski definition) is 2. The summed E-state index contributed by atoms with van der Waals surface area (Å²) in [5.41, 5.74) is 0.302. The Balaban J connectivity index is 1.67. The number of nitrogens with zero attached hydrogens (tertiary/aromatic N) is 3. The van der Waals surface area contributed by atoms with Crippen molar-refractivity contribution in [2.75, 3.05) is 6.54 Å². The lowest BCUT2D eigenvalue weighted by Crippen LogP contribution is -2.31. The van der Waals surface area contributed by atoms with E-state index in [1.54, 1.807) is 12.1 Å². The third-order valence-corrected chi connectivity index (χ3v) is 3.65. The molecule has 0 atom stereocenters. The molecule has 0 saturated heterocycles. The van der Waals surface area contributed by atoms with Gasteiger partial charge in [0, 0.05) is 19.3 Å². The number of amides is 1. The van der Waals surface area contributed by atoms with E-state index in [2.05, 4.69) is 20.5 Å². The molecule has 0 aliphatic rings. The van der Waals surface area contributed by atoms with Gasteiger partial charge in [0.2, 0.25) is 0 Å². The predicted molar refractivity (Wildman–Crippen MR) is 74.8 cm³/mol. The summed E-state index contributed by atoms with van der Waals surface area (Å²) in [4.78, 5) is 28.7. The molecule has 3 aromatic heterocycles. The molecule has 0 aromatic carbocycles. The van der Waals surface area contributed by atoms with Gasteiger partial charge in [0.15, 0.2) is 0 Å². The van der Waals surface area contributed by atoms with Crippen molar-refractivity contribution in [2.45, 2.75) is 6.54 Å². The smallest absolute Gasteiger partial charge is 0.269 e. The van der Waals surface area contributed by atoms with Gasteiger partial charge >= 0.3 is 0 Å². The number of thiophene rings is 1. The summed E-state index contributed by atoms with van der Waals surface area (Å²) in [6.45, 7) is 0.715. The lowest BCUT2D eigenvalue weighted by Gasteiger charge is -2.06. The van der Waals surface area contributed by atoms with E-state index in [0.717, 1.165) is 4.83 Å². The molecule has 7 nitrogen and oxygen atoms in total. The third-order valence-electron chi connectivity index (χ3n) is 2.83. The Kier molecular flexibility index (Phi) is 3.30. The maximum absolute atomic E-state index is 12.1. The highest BCUT2D eigenvalue weighted by atomic mass is 32.1. The Labute approximate surface area is 117 Å². The predicted octanol–water partition coefficient (Wildman–Crippen LogP) is 0.611. The minimum Gasteiger partial charge on any atom is -0.349 e. The zero-order valence-corrected chi connectivity index (χ0v) is 11.2. The van der Waals surface area contributed by atoms with E-state index in [1.165, 1.54) is 28.4 Å². The second kappa shape index (κ2) is 5.25. The molecule has 20 heavy (non-hydrogen) atoms. The van der Waals surface area contributed by atoms with E-state index in [9.17, 15) is 9.59 Å². The monoisotopic (exact) mass is 289 g/mol. The lowest BCUT2D eigenvalue weighted by atomic mass is 10.4. The molecule has 0 aliphatic carbocycles. The standard InChI is InChI=1S/C12H11N5O2S/c18-10(9-1-3-15-16-9)13-4-5-17-7-14-11-8(12(17)19)2-6-20-11/h1-3,6-7H,4-5H2,(H,13,18)(H,15,16). The summed E-state index contributed by atoms with van der Waals surface area (Å²) < 4.78 is 1.49. The van der Waals surface area contributed by atoms with Gasteiger partial charge in [0.1, 0.15) is 10.5 Å². The molecule has 0 aliphatic heterocycles. The van der Waals surface area contributed by atoms with E-state index in [1.807, 2.05) is 5.38 Å². The number of fused-ring (bicyclic) bond motifs is 1. The van der Waals surface area contributed by atoms with E-state index < -0.39 is 0 Å². The van der Waals surface area contributed by atoms with Gasteiger partial charge in [-0.15, -0.1) is 11.3 Å². The van der Waals surface area contributed by atoms with Crippen LogP contribution in [-0.2, 0) is 6.54 Å². The van der Waals surface area contributed by atoms with Crippen LogP contribution >= 0.6 is 11.3 Å². The number of nitrogens with one attached hydrogen (secondary N) is 2. The van der Waals surface area contributed by atoms with Crippen LogP contribution < -0.4 is 10.9 Å². The maximum atomic E-state index is 12.1. The fraction of sp³-hybridized carbons (Fsp3) is 0.167. The molecular formula is C12H11N5O2S. The Morgan fingerprint density at radius 1 is 1.45 bits per heavy atom. The number of carbonyl (C=O) groups is 1. The second-order valence-electron chi connectivity index (χ2n) is 4.11. The summed E-state index contributed by atoms with van der Waals surface area (Å²) in [5, 5.41) is 11.4. The second-order valence-corrected chi connectivity index (χ2v) is 5.00. The molecule has 0 radical (unpaired) electrons. The van der Waals surface area contributed by atoms with Crippen LogP contribution in [0.1, 0.15) is 10.5 Å². The molecule has 0 spiro atoms. The highest BCUT2D eigenvalue weighted by Crippen LogP contribution is 2.12. The Hall–Kier alpha value is -2.48. The van der Waals surface area contributed by atoms with Crippen molar-refractivity contribution in [1.82, 2.24) is 25.1 Å². The van der Waals surface area contributed by atoms with Crippen molar-refractivity contribution in [3.05, 3.63) is 46.1 Å². The topological polar surface area (TPSA) is 92.7 Å². The van der Waals surface area contributed by atoms with Crippen molar-refractivity contribution in [2.24, 2.45) is 0 Å². The van der Waals surface area contributed by atoms with Gasteiger partial charge in [-0.1, -0.05) is 0 Å². The quantitative estimate of drug-likeness (QED) is 0.736. The van der Waals surface area contributed by atoms with Crippen LogP contribution in [0, 0.1) is 0 Å². The molecule has 3 heterocycles. The third kappa shape index (κ3) is 2.32. The molecule has 3 aromatic rings. The van der Waals surface area contributed by atoms with E-state index in [0.29, 0.717) is 24.2 Å². The van der Waals surface area contributed by atoms with Crippen molar-refractivity contribution in [1.29, 1.82) is 0 Å². The molecule has 102 valence electrons. The van der Waals surface area contributed by atoms with Crippen LogP contribution in [0.2, 0.25) is 0 Å². The van der Waals surface area contributed by atoms with Crippen LogP contribution in [0.25, 0.3) is 10.2 Å². The van der Waals surface area contributed by atoms with E-state index in [4.69, 9.17) is 0 Å². The highest BCUT2D eigenvalue weighted by Gasteiger charge is 2.07. The molecule has 0 unspecified atom stereocenters. The zero-order chi connectivity index (χ0) is 13.9. The SMILES string of the molecule is O=C(NCCn1cnc2sccc2c1=O)c1ccn[nH]1. The Morgan fingerprint density at radius 2 is 2.35 bits per heavy atom. The van der Waals surface area contributed by atoms with Gasteiger partial charge in [-0.25, -0.2) is 4.98 Å². The zero-order valence-electron chi connectivity index (χ0n) is 10.4. The van der Waals surface area contributed by atoms with Gasteiger partial charge in [-0.3, -0.25) is 19.3 Å². The van der Waals surface area contributed by atoms with Crippen molar-refractivity contribution in [3.63, 3.8) is 0 Å². The normalized spacial score (nSPS) is 10.8. The fourth-order valence-electron chi connectivity index (χ4n) is 1.82. The fourth-order valence-corrected chi connectivity index (χ4v) is 2.54. The summed E-state index contributed by atoms with van der Waals surface area (Å²) in [6, 6.07) is 3.34. The average Bonchev–Trinajstić information content (AvgIpc) is 3.11. The van der Waals surface area contributed by atoms with Crippen molar-refractivity contribution in [3.8, 4) is 0 Å². The first kappa shape index (κ1) is 12.5. The first-order valence-corrected chi connectivity index (χ1v) is 6.84. The first-order valence-electron chi connectivity index (χ1n) is 5.96. The maximum Gasteiger partial charge on any atom is 0.269 e. The van der Waals surface area contributed by atoms with Gasteiger partial charge in [0.25, 0.3) is 11.5 Å². The number of aromatic nitrogens is 4. The minimum absolute atomic E-state index is 0.0907. The molecular weight excluding hydrogens is 278 g/mol. The van der Waals surface area contributed by atoms with Crippen LogP contribution in [0.3, 0.4) is 0 Å². The molecule has 1 amide bonds. The van der Waals surface area contributed by atoms with Gasteiger partial charge in [-0.05, 0) is 17.5 Å². The summed E-state index contributed by atoms with van der Waals surface area (Å²) >= 11 is 1.43. The number of H-pyrrole nitrogens is 1. The first-order chi connectivity index (χ1) is 9.75. The summed E-state index contributed by atoms with van der Waals surface area (Å²) in [5.74, 6) is -0.250. The molecule has 8 heteroatoms. The summed E-state index contributed by atoms with van der Waals surface area (Å²) in [6.07, 6.45) is 3.01. The van der Waals surface area contributed by atoms with Crippen molar-refractivity contribution < 1.29 is 4.79 Å². The number of rotatable bonds is 4. The molecule has 0 fully saturated rings. The molecule has 0 bridgehead atoms. The van der Waals surface area contributed by atoms with Crippen LogP contribution in [0.4, 0.5) is 0 Å². The summed E-state index contributed by atoms with van der Waals surface area (Å²) in [7, 11) is 0. The lowest BCUT2D eigenvalue weighted by molar-refractivity contribution is 0.0947. The highest BCUT2D eigenvalue weighted by molar-refractivity contribution is 7.16. The minimum atomic E-state index is -0.250. The van der Waals surface area contributed by atoms with E-state index in [-0.39, 0.29) is 11.5 Å². The van der Waals surface area contributed by atoms with Crippen LogP contribution in [0.15, 0.2) is 34.8 Å². The Morgan fingerprint density at radius 3 is 3.15 bits per heavy atom. The van der Waals surface area contributed by atoms with E-state index >= 15 is 0 Å². The van der Waals surface area contributed by atoms with Gasteiger partial charge in [-0.2, -0.15) is 5.10 Å². The Bertz CT molecular complexity index is 790. The largest absolute Gasteiger partial charge is 0.349 e. The van der Waals surface area contributed by atoms with Crippen LogP contribution in [-0.4, -0.2) is 32.2 Å². The molecule has 3 rings (SSSR count). The molecule has 0 saturated carbocycles. The number of aromatic amines is 1. The van der Waals surface area contributed by atoms with Gasteiger partial charge in [0.05, 0.1) is 11.7 Å². The number of carbonyl (C=O) groups excluding carboxylic acids is 1. The number of hydrogen-bond acceptors (Lipinski definition) is 5. The van der Waals surface area contributed by atoms with Crippen LogP contribution in [0.5, 0.6) is 0 Å². The van der Waals surface area contributed by atoms with Crippen molar-refractivity contribution >= 4 is 27.5 Å².